The first-order valence-electron chi connectivity index (χ1n) is 4.78. The summed E-state index contributed by atoms with van der Waals surface area (Å²) in [5.74, 6) is 0. The molecule has 18 heavy (non-hydrogen) atoms. The molecular formula is C6H16O9P2S. The normalized spacial score (nSPS) is 15.6. The second-order valence-corrected chi connectivity index (χ2v) is 8.81. The Kier molecular flexibility index (Phi) is 6.66. The molecule has 0 rings (SSSR count). The predicted octanol–water partition coefficient (Wildman–Crippen LogP) is 0.690. The third-order valence-corrected chi connectivity index (χ3v) is 6.58. The highest BCUT2D eigenvalue weighted by atomic mass is 32.2. The van der Waals surface area contributed by atoms with Crippen LogP contribution in [0.4, 0.5) is 0 Å². The van der Waals surface area contributed by atoms with Gasteiger partial charge in [0, 0.05) is 0 Å². The molecule has 0 aliphatic heterocycles. The maximum Gasteiger partial charge on any atom is 0.373 e. The lowest BCUT2D eigenvalue weighted by Gasteiger charge is -2.25. The Morgan fingerprint density at radius 3 is 1.72 bits per heavy atom. The fraction of sp³-hybridized carbons (Fsp3) is 1.00. The van der Waals surface area contributed by atoms with Crippen LogP contribution in [-0.4, -0.2) is 43.3 Å². The van der Waals surface area contributed by atoms with Crippen LogP contribution in [0.1, 0.15) is 13.8 Å². The second kappa shape index (κ2) is 6.58. The van der Waals surface area contributed by atoms with Crippen molar-refractivity contribution in [2.24, 2.45) is 0 Å². The van der Waals surface area contributed by atoms with Crippen molar-refractivity contribution in [3.05, 3.63) is 0 Å². The topological polar surface area (TPSA) is 136 Å². The summed E-state index contributed by atoms with van der Waals surface area (Å²) < 4.78 is 58.7. The Labute approximate surface area is 105 Å². The molecule has 0 saturated heterocycles. The van der Waals surface area contributed by atoms with Crippen LogP contribution < -0.4 is 0 Å². The van der Waals surface area contributed by atoms with Crippen LogP contribution in [0.25, 0.3) is 0 Å². The van der Waals surface area contributed by atoms with Crippen LogP contribution in [-0.2, 0) is 32.5 Å². The van der Waals surface area contributed by atoms with Gasteiger partial charge < -0.3 is 18.8 Å². The molecule has 0 radical (unpaired) electrons. The van der Waals surface area contributed by atoms with Gasteiger partial charge in [0.2, 0.25) is 0 Å². The van der Waals surface area contributed by atoms with Gasteiger partial charge in [-0.25, -0.2) is 4.18 Å². The van der Waals surface area contributed by atoms with E-state index in [0.717, 1.165) is 0 Å². The largest absolute Gasteiger partial charge is 0.373 e. The van der Waals surface area contributed by atoms with E-state index in [1.807, 2.05) is 0 Å². The van der Waals surface area contributed by atoms with E-state index in [1.54, 1.807) is 0 Å². The zero-order chi connectivity index (χ0) is 14.6. The zero-order valence-electron chi connectivity index (χ0n) is 10.0. The molecule has 0 aromatic heterocycles. The van der Waals surface area contributed by atoms with Gasteiger partial charge in [0.1, 0.15) is 0 Å². The minimum atomic E-state index is -5.17. The third-order valence-electron chi connectivity index (χ3n) is 1.44. The molecule has 9 nitrogen and oxygen atoms in total. The second-order valence-electron chi connectivity index (χ2n) is 3.09. The molecule has 1 unspecified atom stereocenters. The molecule has 0 bridgehead atoms. The molecule has 0 spiro atoms. The minimum absolute atomic E-state index is 0.194. The van der Waals surface area contributed by atoms with E-state index in [2.05, 4.69) is 13.2 Å². The smallest absolute Gasteiger partial charge is 0.322 e. The molecule has 0 aliphatic rings. The van der Waals surface area contributed by atoms with E-state index in [0.29, 0.717) is 6.26 Å². The van der Waals surface area contributed by atoms with Crippen molar-refractivity contribution in [2.45, 2.75) is 19.4 Å². The lowest BCUT2D eigenvalue weighted by Crippen LogP contribution is -2.21. The quantitative estimate of drug-likeness (QED) is 0.487. The van der Waals surface area contributed by atoms with Crippen LogP contribution in [0.2, 0.25) is 0 Å². The summed E-state index contributed by atoms with van der Waals surface area (Å²) in [6.45, 7) is 2.42. The van der Waals surface area contributed by atoms with Crippen molar-refractivity contribution in [3.8, 4) is 0 Å². The first kappa shape index (κ1) is 18.2. The number of hydrogen-bond acceptors (Lipinski definition) is 7. The molecule has 0 aliphatic carbocycles. The summed E-state index contributed by atoms with van der Waals surface area (Å²) in [6.07, 6.45) is 0.567. The van der Waals surface area contributed by atoms with Gasteiger partial charge in [-0.05, 0) is 13.8 Å². The zero-order valence-corrected chi connectivity index (χ0v) is 12.7. The number of hydrogen-bond donors (Lipinski definition) is 2. The maximum atomic E-state index is 12.1. The van der Waals surface area contributed by atoms with Crippen molar-refractivity contribution in [1.82, 2.24) is 0 Å². The van der Waals surface area contributed by atoms with E-state index in [9.17, 15) is 17.5 Å². The third kappa shape index (κ3) is 5.90. The first-order valence-corrected chi connectivity index (χ1v) is 9.89. The van der Waals surface area contributed by atoms with E-state index in [4.69, 9.17) is 9.79 Å². The Hall–Kier alpha value is 0.210. The van der Waals surface area contributed by atoms with Gasteiger partial charge in [0.05, 0.1) is 19.5 Å². The summed E-state index contributed by atoms with van der Waals surface area (Å²) >= 11 is 0. The Bertz CT molecular complexity index is 442. The maximum absolute atomic E-state index is 12.1. The predicted molar refractivity (Wildman–Crippen MR) is 62.6 cm³/mol. The molecule has 0 amide bonds. The molecule has 12 heteroatoms. The van der Waals surface area contributed by atoms with Crippen molar-refractivity contribution < 1.29 is 40.6 Å². The molecule has 0 heterocycles. The summed E-state index contributed by atoms with van der Waals surface area (Å²) in [5, 5.41) is 0. The SMILES string of the molecule is CCOP(=O)(OCC)C(OS(C)(=O)=O)P(=O)(O)O. The first-order chi connectivity index (χ1) is 7.96. The summed E-state index contributed by atoms with van der Waals surface area (Å²) in [7, 11) is -13.8. The average molecular weight is 326 g/mol. The van der Waals surface area contributed by atoms with Gasteiger partial charge in [-0.15, -0.1) is 0 Å². The number of rotatable bonds is 8. The minimum Gasteiger partial charge on any atom is -0.322 e. The van der Waals surface area contributed by atoms with Gasteiger partial charge in [0.15, 0.2) is 0 Å². The Balaban J connectivity index is 5.53. The fourth-order valence-electron chi connectivity index (χ4n) is 0.974. The summed E-state index contributed by atoms with van der Waals surface area (Å²) in [6, 6.07) is 0. The highest BCUT2D eigenvalue weighted by Gasteiger charge is 2.51. The van der Waals surface area contributed by atoms with Crippen LogP contribution in [0.3, 0.4) is 0 Å². The summed E-state index contributed by atoms with van der Waals surface area (Å²) in [4.78, 5) is 18.0. The van der Waals surface area contributed by atoms with E-state index >= 15 is 0 Å². The molecule has 2 N–H and O–H groups in total. The molecule has 0 fully saturated rings. The van der Waals surface area contributed by atoms with E-state index in [-0.39, 0.29) is 13.2 Å². The molecule has 0 aromatic carbocycles. The Morgan fingerprint density at radius 1 is 1.11 bits per heavy atom. The molecular weight excluding hydrogens is 310 g/mol. The van der Waals surface area contributed by atoms with Gasteiger partial charge in [0.25, 0.3) is 15.7 Å². The standard InChI is InChI=1S/C6H16O9P2S/c1-4-13-17(10,14-5-2)6(16(7,8)9)15-18(3,11)12/h6H,4-5H2,1-3H3,(H2,7,8,9). The Morgan fingerprint density at radius 2 is 1.50 bits per heavy atom. The van der Waals surface area contributed by atoms with Gasteiger partial charge in [-0.1, -0.05) is 0 Å². The van der Waals surface area contributed by atoms with Crippen LogP contribution in [0.5, 0.6) is 0 Å². The molecule has 0 aromatic rings. The fourth-order valence-corrected chi connectivity index (χ4v) is 6.02. The van der Waals surface area contributed by atoms with Crippen molar-refractivity contribution in [2.75, 3.05) is 19.5 Å². The lowest BCUT2D eigenvalue weighted by molar-refractivity contribution is 0.176. The lowest BCUT2D eigenvalue weighted by atomic mass is 10.9. The van der Waals surface area contributed by atoms with Crippen LogP contribution in [0.15, 0.2) is 0 Å². The van der Waals surface area contributed by atoms with Gasteiger partial charge in [-0.2, -0.15) is 8.42 Å². The summed E-state index contributed by atoms with van der Waals surface area (Å²) in [5.41, 5.74) is -2.50. The molecule has 1 atom stereocenters. The van der Waals surface area contributed by atoms with Crippen LogP contribution >= 0.6 is 15.2 Å². The average Bonchev–Trinajstić information content (AvgIpc) is 2.12. The van der Waals surface area contributed by atoms with Gasteiger partial charge in [-0.3, -0.25) is 9.13 Å². The van der Waals surface area contributed by atoms with E-state index < -0.39 is 30.9 Å². The van der Waals surface area contributed by atoms with Crippen LogP contribution in [0, 0.1) is 0 Å². The van der Waals surface area contributed by atoms with Crippen molar-refractivity contribution >= 4 is 25.3 Å². The molecule has 0 saturated carbocycles. The van der Waals surface area contributed by atoms with E-state index in [1.165, 1.54) is 13.8 Å². The van der Waals surface area contributed by atoms with Crippen molar-refractivity contribution in [3.63, 3.8) is 0 Å². The van der Waals surface area contributed by atoms with Gasteiger partial charge >= 0.3 is 15.2 Å². The van der Waals surface area contributed by atoms with Crippen molar-refractivity contribution in [1.29, 1.82) is 0 Å². The highest BCUT2D eigenvalue weighted by molar-refractivity contribution is 7.87. The monoisotopic (exact) mass is 326 g/mol. The highest BCUT2D eigenvalue weighted by Crippen LogP contribution is 2.66. The molecule has 110 valence electrons.